The maximum Gasteiger partial charge on any atom is 0.330 e. The number of aliphatic carboxylic acids is 1. The first-order valence-corrected chi connectivity index (χ1v) is 6.38. The minimum Gasteiger partial charge on any atom is -0.478 e. The number of carboxylic acid groups (broad SMARTS) is 1. The van der Waals surface area contributed by atoms with Gasteiger partial charge in [0.05, 0.1) is 0 Å². The smallest absolute Gasteiger partial charge is 0.330 e. The molecular weight excluding hydrogens is 214 g/mol. The van der Waals surface area contributed by atoms with Crippen molar-refractivity contribution >= 4 is 5.97 Å². The van der Waals surface area contributed by atoms with Gasteiger partial charge in [0, 0.05) is 24.9 Å². The van der Waals surface area contributed by atoms with Crippen molar-refractivity contribution in [2.45, 2.75) is 46.0 Å². The molecule has 0 fully saturated rings. The van der Waals surface area contributed by atoms with E-state index in [1.54, 1.807) is 0 Å². The SMILES string of the molecule is C=CCCN(CCCCCC)C(C)=CC(=O)O. The summed E-state index contributed by atoms with van der Waals surface area (Å²) in [5, 5.41) is 8.74. The highest BCUT2D eigenvalue weighted by Gasteiger charge is 2.05. The zero-order valence-corrected chi connectivity index (χ0v) is 11.1. The first kappa shape index (κ1) is 15.8. The lowest BCUT2D eigenvalue weighted by Gasteiger charge is -2.24. The summed E-state index contributed by atoms with van der Waals surface area (Å²) in [7, 11) is 0. The predicted octanol–water partition coefficient (Wildman–Crippen LogP) is 3.43. The van der Waals surface area contributed by atoms with Crippen molar-refractivity contribution in [2.24, 2.45) is 0 Å². The predicted molar refractivity (Wildman–Crippen MR) is 71.9 cm³/mol. The third kappa shape index (κ3) is 8.55. The van der Waals surface area contributed by atoms with Gasteiger partial charge in [-0.15, -0.1) is 6.58 Å². The van der Waals surface area contributed by atoms with Crippen LogP contribution in [0.25, 0.3) is 0 Å². The van der Waals surface area contributed by atoms with Gasteiger partial charge in [-0.1, -0.05) is 32.3 Å². The Bertz CT molecular complexity index is 259. The van der Waals surface area contributed by atoms with E-state index in [1.165, 1.54) is 25.3 Å². The number of carboxylic acids is 1. The molecule has 98 valence electrons. The number of nitrogens with zero attached hydrogens (tertiary/aromatic N) is 1. The van der Waals surface area contributed by atoms with E-state index in [4.69, 9.17) is 5.11 Å². The van der Waals surface area contributed by atoms with Gasteiger partial charge in [0.1, 0.15) is 0 Å². The molecule has 17 heavy (non-hydrogen) atoms. The molecule has 0 spiro atoms. The van der Waals surface area contributed by atoms with Crippen LogP contribution in [0.2, 0.25) is 0 Å². The lowest BCUT2D eigenvalue weighted by molar-refractivity contribution is -0.131. The molecule has 0 atom stereocenters. The van der Waals surface area contributed by atoms with Crippen molar-refractivity contribution in [3.63, 3.8) is 0 Å². The van der Waals surface area contributed by atoms with Crippen molar-refractivity contribution in [2.75, 3.05) is 13.1 Å². The Hall–Kier alpha value is -1.25. The van der Waals surface area contributed by atoms with Crippen molar-refractivity contribution in [1.82, 2.24) is 4.90 Å². The largest absolute Gasteiger partial charge is 0.478 e. The van der Waals surface area contributed by atoms with Gasteiger partial charge in [0.2, 0.25) is 0 Å². The zero-order valence-electron chi connectivity index (χ0n) is 11.1. The fourth-order valence-corrected chi connectivity index (χ4v) is 1.71. The van der Waals surface area contributed by atoms with Crippen LogP contribution in [0.3, 0.4) is 0 Å². The van der Waals surface area contributed by atoms with Gasteiger partial charge in [0.15, 0.2) is 0 Å². The molecule has 0 aliphatic heterocycles. The Labute approximate surface area is 105 Å². The summed E-state index contributed by atoms with van der Waals surface area (Å²) < 4.78 is 0. The minimum absolute atomic E-state index is 0.829. The normalized spacial score (nSPS) is 11.3. The van der Waals surface area contributed by atoms with E-state index >= 15 is 0 Å². The van der Waals surface area contributed by atoms with Crippen LogP contribution in [-0.4, -0.2) is 29.1 Å². The van der Waals surface area contributed by atoms with Crippen LogP contribution in [0.4, 0.5) is 0 Å². The van der Waals surface area contributed by atoms with E-state index < -0.39 is 5.97 Å². The van der Waals surface area contributed by atoms with E-state index in [1.807, 2.05) is 13.0 Å². The molecule has 0 aromatic carbocycles. The number of hydrogen-bond donors (Lipinski definition) is 1. The van der Waals surface area contributed by atoms with Crippen LogP contribution in [-0.2, 0) is 4.79 Å². The Morgan fingerprint density at radius 3 is 2.53 bits per heavy atom. The van der Waals surface area contributed by atoms with Crippen molar-refractivity contribution in [3.8, 4) is 0 Å². The Morgan fingerprint density at radius 1 is 1.29 bits per heavy atom. The summed E-state index contributed by atoms with van der Waals surface area (Å²) in [5.74, 6) is -0.875. The molecule has 0 bridgehead atoms. The quantitative estimate of drug-likeness (QED) is 0.361. The summed E-state index contributed by atoms with van der Waals surface area (Å²) in [6.45, 7) is 9.53. The molecule has 0 unspecified atom stereocenters. The zero-order chi connectivity index (χ0) is 13.1. The van der Waals surface area contributed by atoms with Gasteiger partial charge < -0.3 is 10.0 Å². The van der Waals surface area contributed by atoms with Crippen LogP contribution in [0.15, 0.2) is 24.4 Å². The molecule has 0 aliphatic carbocycles. The molecule has 0 aromatic heterocycles. The van der Waals surface area contributed by atoms with Gasteiger partial charge in [-0.05, 0) is 19.8 Å². The molecule has 0 saturated carbocycles. The second-order valence-corrected chi connectivity index (χ2v) is 4.25. The third-order valence-electron chi connectivity index (χ3n) is 2.72. The molecule has 0 saturated heterocycles. The Morgan fingerprint density at radius 2 is 2.00 bits per heavy atom. The van der Waals surface area contributed by atoms with E-state index in [-0.39, 0.29) is 0 Å². The molecule has 0 heterocycles. The van der Waals surface area contributed by atoms with Crippen LogP contribution < -0.4 is 0 Å². The molecule has 0 radical (unpaired) electrons. The van der Waals surface area contributed by atoms with Crippen LogP contribution in [0.1, 0.15) is 46.0 Å². The maximum absolute atomic E-state index is 10.6. The highest BCUT2D eigenvalue weighted by atomic mass is 16.4. The molecule has 0 aliphatic rings. The number of allylic oxidation sites excluding steroid dienone is 1. The van der Waals surface area contributed by atoms with Gasteiger partial charge in [-0.2, -0.15) is 0 Å². The average molecular weight is 239 g/mol. The van der Waals surface area contributed by atoms with Crippen molar-refractivity contribution in [3.05, 3.63) is 24.4 Å². The molecule has 0 amide bonds. The third-order valence-corrected chi connectivity index (χ3v) is 2.72. The van der Waals surface area contributed by atoms with Crippen LogP contribution >= 0.6 is 0 Å². The highest BCUT2D eigenvalue weighted by molar-refractivity contribution is 5.80. The molecule has 3 nitrogen and oxygen atoms in total. The molecule has 0 rings (SSSR count). The van der Waals surface area contributed by atoms with Gasteiger partial charge in [0.25, 0.3) is 0 Å². The summed E-state index contributed by atoms with van der Waals surface area (Å²) in [4.78, 5) is 12.8. The Balaban J connectivity index is 4.21. The van der Waals surface area contributed by atoms with Crippen LogP contribution in [0.5, 0.6) is 0 Å². The van der Waals surface area contributed by atoms with E-state index in [0.29, 0.717) is 0 Å². The topological polar surface area (TPSA) is 40.5 Å². The van der Waals surface area contributed by atoms with Gasteiger partial charge in [-0.25, -0.2) is 4.79 Å². The first-order valence-electron chi connectivity index (χ1n) is 6.38. The van der Waals surface area contributed by atoms with Crippen LogP contribution in [0, 0.1) is 0 Å². The first-order chi connectivity index (χ1) is 8.11. The minimum atomic E-state index is -0.875. The lowest BCUT2D eigenvalue weighted by atomic mass is 10.2. The molecular formula is C14H25NO2. The summed E-state index contributed by atoms with van der Waals surface area (Å²) in [5.41, 5.74) is 0.829. The van der Waals surface area contributed by atoms with Crippen molar-refractivity contribution < 1.29 is 9.90 Å². The monoisotopic (exact) mass is 239 g/mol. The molecule has 0 aromatic rings. The number of carbonyl (C=O) groups is 1. The summed E-state index contributed by atoms with van der Waals surface area (Å²) in [6, 6.07) is 0. The second kappa shape index (κ2) is 9.94. The summed E-state index contributed by atoms with van der Waals surface area (Å²) >= 11 is 0. The standard InChI is InChI=1S/C14H25NO2/c1-4-6-8-9-11-15(10-7-5-2)13(3)12-14(16)17/h5,12H,2,4,6-11H2,1,3H3,(H,16,17). The number of rotatable bonds is 10. The maximum atomic E-state index is 10.6. The van der Waals surface area contributed by atoms with E-state index in [2.05, 4.69) is 18.4 Å². The van der Waals surface area contributed by atoms with E-state index in [0.717, 1.165) is 31.6 Å². The number of hydrogen-bond acceptors (Lipinski definition) is 2. The number of unbranched alkanes of at least 4 members (excludes halogenated alkanes) is 3. The van der Waals surface area contributed by atoms with Gasteiger partial charge >= 0.3 is 5.97 Å². The fourth-order valence-electron chi connectivity index (χ4n) is 1.71. The Kier molecular flexibility index (Phi) is 9.21. The average Bonchev–Trinajstić information content (AvgIpc) is 2.27. The van der Waals surface area contributed by atoms with Gasteiger partial charge in [-0.3, -0.25) is 0 Å². The molecule has 1 N–H and O–H groups in total. The molecule has 3 heteroatoms. The summed E-state index contributed by atoms with van der Waals surface area (Å²) in [6.07, 6.45) is 8.83. The van der Waals surface area contributed by atoms with Crippen molar-refractivity contribution in [1.29, 1.82) is 0 Å². The fraction of sp³-hybridized carbons (Fsp3) is 0.643. The van der Waals surface area contributed by atoms with E-state index in [9.17, 15) is 4.79 Å². The second-order valence-electron chi connectivity index (χ2n) is 4.25. The highest BCUT2D eigenvalue weighted by Crippen LogP contribution is 2.08. The lowest BCUT2D eigenvalue weighted by Crippen LogP contribution is -2.24.